The summed E-state index contributed by atoms with van der Waals surface area (Å²) in [6.07, 6.45) is 1.02. The van der Waals surface area contributed by atoms with Gasteiger partial charge >= 0.3 is 5.97 Å². The van der Waals surface area contributed by atoms with Crippen molar-refractivity contribution in [3.8, 4) is 12.1 Å². The number of carbonyl (C=O) groups is 1. The zero-order valence-corrected chi connectivity index (χ0v) is 8.54. The van der Waals surface area contributed by atoms with Crippen LogP contribution in [0.3, 0.4) is 0 Å². The van der Waals surface area contributed by atoms with Gasteiger partial charge < -0.3 is 4.74 Å². The number of esters is 1. The molecule has 0 aromatic heterocycles. The van der Waals surface area contributed by atoms with Gasteiger partial charge in [0, 0.05) is 6.42 Å². The molecule has 0 aromatic rings. The molecule has 0 radical (unpaired) electrons. The van der Waals surface area contributed by atoms with E-state index in [-0.39, 0.29) is 19.0 Å². The molecule has 0 saturated heterocycles. The molecule has 0 unspecified atom stereocenters. The lowest BCUT2D eigenvalue weighted by atomic mass is 9.88. The smallest absolute Gasteiger partial charge is 0.311 e. The normalized spacial score (nSPS) is 10.0. The Bertz CT molecular complexity index is 271. The molecule has 4 nitrogen and oxygen atoms in total. The molecular weight excluding hydrogens is 180 g/mol. The van der Waals surface area contributed by atoms with E-state index in [2.05, 4.69) is 0 Å². The van der Waals surface area contributed by atoms with Gasteiger partial charge in [-0.3, -0.25) is 4.79 Å². The lowest BCUT2D eigenvalue weighted by Crippen LogP contribution is -2.26. The first kappa shape index (κ1) is 12.4. The van der Waals surface area contributed by atoms with Gasteiger partial charge in [-0.2, -0.15) is 10.5 Å². The number of hydrogen-bond donors (Lipinski definition) is 0. The molecule has 76 valence electrons. The van der Waals surface area contributed by atoms with Crippen LogP contribution < -0.4 is 0 Å². The van der Waals surface area contributed by atoms with Crippen molar-refractivity contribution in [2.24, 2.45) is 5.41 Å². The van der Waals surface area contributed by atoms with Crippen LogP contribution in [0.15, 0.2) is 0 Å². The summed E-state index contributed by atoms with van der Waals surface area (Å²) < 4.78 is 4.87. The van der Waals surface area contributed by atoms with Gasteiger partial charge in [0.2, 0.25) is 0 Å². The minimum atomic E-state index is -0.634. The van der Waals surface area contributed by atoms with Crippen LogP contribution in [0.2, 0.25) is 0 Å². The number of carbonyl (C=O) groups excluding carboxylic acids is 1. The summed E-state index contributed by atoms with van der Waals surface area (Å²) in [5.74, 6) is -0.344. The topological polar surface area (TPSA) is 73.9 Å². The highest BCUT2D eigenvalue weighted by atomic mass is 16.5. The molecule has 0 heterocycles. The largest absolute Gasteiger partial charge is 0.464 e. The van der Waals surface area contributed by atoms with Gasteiger partial charge in [-0.15, -0.1) is 0 Å². The Morgan fingerprint density at radius 1 is 1.29 bits per heavy atom. The molecule has 0 atom stereocenters. The van der Waals surface area contributed by atoms with Crippen molar-refractivity contribution < 1.29 is 9.53 Å². The van der Waals surface area contributed by atoms with Crippen LogP contribution in [0.5, 0.6) is 0 Å². The number of hydrogen-bond acceptors (Lipinski definition) is 4. The minimum Gasteiger partial charge on any atom is -0.464 e. The molecule has 0 fully saturated rings. The lowest BCUT2D eigenvalue weighted by molar-refractivity contribution is -0.154. The number of ether oxygens (including phenoxy) is 1. The fourth-order valence-electron chi connectivity index (χ4n) is 0.855. The van der Waals surface area contributed by atoms with Gasteiger partial charge in [-0.05, 0) is 20.3 Å². The third-order valence-corrected chi connectivity index (χ3v) is 1.86. The Balaban J connectivity index is 3.97. The summed E-state index contributed by atoms with van der Waals surface area (Å²) in [7, 11) is 0. The van der Waals surface area contributed by atoms with Crippen LogP contribution in [0.25, 0.3) is 0 Å². The zero-order valence-electron chi connectivity index (χ0n) is 8.54. The summed E-state index contributed by atoms with van der Waals surface area (Å²) in [6, 6.07) is 3.87. The van der Waals surface area contributed by atoms with Crippen LogP contribution in [0.1, 0.15) is 33.1 Å². The van der Waals surface area contributed by atoms with Crippen LogP contribution >= 0.6 is 0 Å². The predicted octanol–water partition coefficient (Wildman–Crippen LogP) is 1.77. The molecule has 0 N–H and O–H groups in total. The van der Waals surface area contributed by atoms with E-state index in [4.69, 9.17) is 15.3 Å². The summed E-state index contributed by atoms with van der Waals surface area (Å²) in [5.41, 5.74) is -0.634. The van der Waals surface area contributed by atoms with Gasteiger partial charge in [0.15, 0.2) is 0 Å². The molecule has 0 aliphatic heterocycles. The van der Waals surface area contributed by atoms with Crippen LogP contribution in [0, 0.1) is 28.1 Å². The maximum absolute atomic E-state index is 11.4. The van der Waals surface area contributed by atoms with Gasteiger partial charge in [0.05, 0.1) is 24.0 Å². The van der Waals surface area contributed by atoms with Crippen LogP contribution in [-0.4, -0.2) is 12.6 Å². The van der Waals surface area contributed by atoms with Crippen LogP contribution in [0.4, 0.5) is 0 Å². The highest BCUT2D eigenvalue weighted by Crippen LogP contribution is 2.23. The average Bonchev–Trinajstić information content (AvgIpc) is 2.15. The van der Waals surface area contributed by atoms with E-state index in [1.165, 1.54) is 0 Å². The molecule has 0 aliphatic carbocycles. The zero-order chi connectivity index (χ0) is 11.0. The van der Waals surface area contributed by atoms with Crippen molar-refractivity contribution in [2.45, 2.75) is 33.1 Å². The van der Waals surface area contributed by atoms with Gasteiger partial charge in [-0.25, -0.2) is 0 Å². The molecule has 4 heteroatoms. The summed E-state index contributed by atoms with van der Waals surface area (Å²) in [4.78, 5) is 11.4. The third-order valence-electron chi connectivity index (χ3n) is 1.86. The summed E-state index contributed by atoms with van der Waals surface area (Å²) >= 11 is 0. The maximum atomic E-state index is 11.4. The average molecular weight is 194 g/mol. The fraction of sp³-hybridized carbons (Fsp3) is 0.700. The standard InChI is InChI=1S/C10H14N2O2/c1-10(2,5-3-6-11)9(13)14-8-4-7-12/h3-5,8H2,1-2H3. The highest BCUT2D eigenvalue weighted by molar-refractivity contribution is 5.75. The number of nitrogens with zero attached hydrogens (tertiary/aromatic N) is 2. The second kappa shape index (κ2) is 5.99. The SMILES string of the molecule is CC(C)(CCC#N)C(=O)OCCC#N. The van der Waals surface area contributed by atoms with E-state index in [1.807, 2.05) is 12.1 Å². The fourth-order valence-corrected chi connectivity index (χ4v) is 0.855. The molecule has 0 saturated carbocycles. The second-order valence-corrected chi connectivity index (χ2v) is 3.59. The molecule has 0 spiro atoms. The van der Waals surface area contributed by atoms with Crippen molar-refractivity contribution in [2.75, 3.05) is 6.61 Å². The Hall–Kier alpha value is -1.55. The van der Waals surface area contributed by atoms with Crippen molar-refractivity contribution in [1.82, 2.24) is 0 Å². The van der Waals surface area contributed by atoms with Crippen molar-refractivity contribution >= 4 is 5.97 Å². The predicted molar refractivity (Wildman–Crippen MR) is 49.8 cm³/mol. The number of nitriles is 2. The Morgan fingerprint density at radius 2 is 1.86 bits per heavy atom. The maximum Gasteiger partial charge on any atom is 0.311 e. The first-order chi connectivity index (χ1) is 6.54. The Kier molecular flexibility index (Phi) is 5.33. The van der Waals surface area contributed by atoms with Crippen molar-refractivity contribution in [1.29, 1.82) is 10.5 Å². The van der Waals surface area contributed by atoms with Crippen LogP contribution in [-0.2, 0) is 9.53 Å². The molecule has 0 aliphatic rings. The first-order valence-electron chi connectivity index (χ1n) is 4.45. The van der Waals surface area contributed by atoms with Crippen molar-refractivity contribution in [3.63, 3.8) is 0 Å². The first-order valence-corrected chi connectivity index (χ1v) is 4.45. The number of rotatable bonds is 5. The van der Waals surface area contributed by atoms with Gasteiger partial charge in [-0.1, -0.05) is 0 Å². The Labute approximate surface area is 84.1 Å². The third kappa shape index (κ3) is 4.47. The highest BCUT2D eigenvalue weighted by Gasteiger charge is 2.28. The van der Waals surface area contributed by atoms with E-state index in [9.17, 15) is 4.79 Å². The van der Waals surface area contributed by atoms with E-state index in [0.717, 1.165) is 0 Å². The molecular formula is C10H14N2O2. The van der Waals surface area contributed by atoms with E-state index < -0.39 is 5.41 Å². The molecule has 0 rings (SSSR count). The quantitative estimate of drug-likeness (QED) is 0.493. The molecule has 14 heavy (non-hydrogen) atoms. The lowest BCUT2D eigenvalue weighted by Gasteiger charge is -2.20. The van der Waals surface area contributed by atoms with Gasteiger partial charge in [0.25, 0.3) is 0 Å². The summed E-state index contributed by atoms with van der Waals surface area (Å²) in [6.45, 7) is 3.60. The van der Waals surface area contributed by atoms with E-state index in [0.29, 0.717) is 12.8 Å². The van der Waals surface area contributed by atoms with Crippen molar-refractivity contribution in [3.05, 3.63) is 0 Å². The van der Waals surface area contributed by atoms with E-state index >= 15 is 0 Å². The van der Waals surface area contributed by atoms with Gasteiger partial charge in [0.1, 0.15) is 6.61 Å². The molecule has 0 bridgehead atoms. The minimum absolute atomic E-state index is 0.130. The summed E-state index contributed by atoms with van der Waals surface area (Å²) in [5, 5.41) is 16.6. The molecule has 0 amide bonds. The van der Waals surface area contributed by atoms with E-state index in [1.54, 1.807) is 13.8 Å². The monoisotopic (exact) mass is 194 g/mol. The second-order valence-electron chi connectivity index (χ2n) is 3.59. The molecule has 0 aromatic carbocycles. The Morgan fingerprint density at radius 3 is 2.36 bits per heavy atom.